The Balaban J connectivity index is 1.62. The largest absolute Gasteiger partial charge is 0.437 e. The quantitative estimate of drug-likeness (QED) is 0.513. The standard InChI is InChI=1S/C19H14ClN5O2S/c1-9-7-21-17-16-11-2-5-15(27-10-6-14(20)25-22-8-10)24-12(11)3-4-13(16)28-18(17)19(26)23-9/h2-6,8-9,21H,7H2,1H3,(H,23,26)/t9-/m0/s1. The molecular weight excluding hydrogens is 398 g/mol. The van der Waals surface area contributed by atoms with Gasteiger partial charge < -0.3 is 15.4 Å². The van der Waals surface area contributed by atoms with Gasteiger partial charge in [-0.05, 0) is 25.1 Å². The lowest BCUT2D eigenvalue weighted by Gasteiger charge is -2.10. The first-order valence-corrected chi connectivity index (χ1v) is 9.85. The van der Waals surface area contributed by atoms with E-state index in [2.05, 4.69) is 25.8 Å². The minimum absolute atomic E-state index is 0.0446. The minimum Gasteiger partial charge on any atom is -0.437 e. The molecule has 7 nitrogen and oxygen atoms in total. The van der Waals surface area contributed by atoms with Crippen molar-refractivity contribution in [1.82, 2.24) is 20.5 Å². The van der Waals surface area contributed by atoms with Gasteiger partial charge in [-0.3, -0.25) is 4.79 Å². The molecule has 140 valence electrons. The number of amides is 1. The summed E-state index contributed by atoms with van der Waals surface area (Å²) in [5.74, 6) is 0.845. The predicted molar refractivity (Wildman–Crippen MR) is 110 cm³/mol. The molecule has 9 heteroatoms. The molecule has 0 saturated carbocycles. The molecule has 0 radical (unpaired) electrons. The summed E-state index contributed by atoms with van der Waals surface area (Å²) in [5, 5.41) is 16.1. The molecule has 5 rings (SSSR count). The van der Waals surface area contributed by atoms with Crippen molar-refractivity contribution in [2.24, 2.45) is 0 Å². The zero-order valence-corrected chi connectivity index (χ0v) is 16.3. The van der Waals surface area contributed by atoms with Gasteiger partial charge in [0.1, 0.15) is 4.88 Å². The number of anilines is 1. The topological polar surface area (TPSA) is 89.0 Å². The number of hydrogen-bond acceptors (Lipinski definition) is 7. The second kappa shape index (κ2) is 6.57. The van der Waals surface area contributed by atoms with Crippen LogP contribution >= 0.6 is 22.9 Å². The minimum atomic E-state index is -0.0446. The molecule has 0 saturated heterocycles. The van der Waals surface area contributed by atoms with Crippen LogP contribution in [-0.4, -0.2) is 33.7 Å². The van der Waals surface area contributed by atoms with Crippen molar-refractivity contribution in [3.05, 3.63) is 46.6 Å². The van der Waals surface area contributed by atoms with Crippen LogP contribution in [0.5, 0.6) is 11.6 Å². The molecule has 4 aromatic rings. The Morgan fingerprint density at radius 3 is 3.04 bits per heavy atom. The molecule has 1 aromatic carbocycles. The van der Waals surface area contributed by atoms with Crippen LogP contribution in [0.25, 0.3) is 21.0 Å². The van der Waals surface area contributed by atoms with Crippen molar-refractivity contribution in [2.45, 2.75) is 13.0 Å². The van der Waals surface area contributed by atoms with Gasteiger partial charge in [0, 0.05) is 40.2 Å². The number of hydrogen-bond donors (Lipinski definition) is 2. The Bertz CT molecular complexity index is 1240. The number of nitrogens with one attached hydrogen (secondary N) is 2. The summed E-state index contributed by atoms with van der Waals surface area (Å²) in [6.07, 6.45) is 1.48. The molecule has 28 heavy (non-hydrogen) atoms. The van der Waals surface area contributed by atoms with Gasteiger partial charge >= 0.3 is 0 Å². The molecule has 4 heterocycles. The van der Waals surface area contributed by atoms with Crippen LogP contribution in [-0.2, 0) is 0 Å². The third-order valence-corrected chi connectivity index (χ3v) is 5.83. The number of fused-ring (bicyclic) bond motifs is 5. The number of ether oxygens (including phenoxy) is 1. The smallest absolute Gasteiger partial charge is 0.263 e. The first-order chi connectivity index (χ1) is 13.6. The van der Waals surface area contributed by atoms with Gasteiger partial charge in [-0.1, -0.05) is 11.6 Å². The Morgan fingerprint density at radius 1 is 1.29 bits per heavy atom. The third-order valence-electron chi connectivity index (χ3n) is 4.49. The molecule has 0 spiro atoms. The lowest BCUT2D eigenvalue weighted by atomic mass is 10.1. The average molecular weight is 412 g/mol. The first kappa shape index (κ1) is 17.2. The lowest BCUT2D eigenvalue weighted by Crippen LogP contribution is -2.34. The van der Waals surface area contributed by atoms with E-state index in [-0.39, 0.29) is 17.1 Å². The second-order valence-corrected chi connectivity index (χ2v) is 7.97. The Morgan fingerprint density at radius 2 is 2.18 bits per heavy atom. The Labute approximate surface area is 168 Å². The fraction of sp³-hybridized carbons (Fsp3) is 0.158. The van der Waals surface area contributed by atoms with Crippen LogP contribution in [0.15, 0.2) is 36.5 Å². The summed E-state index contributed by atoms with van der Waals surface area (Å²) in [6, 6.07) is 9.30. The van der Waals surface area contributed by atoms with E-state index in [1.807, 2.05) is 25.1 Å². The normalized spacial score (nSPS) is 16.4. The lowest BCUT2D eigenvalue weighted by molar-refractivity contribution is 0.0949. The number of aromatic nitrogens is 3. The summed E-state index contributed by atoms with van der Waals surface area (Å²) in [6.45, 7) is 2.65. The van der Waals surface area contributed by atoms with Crippen LogP contribution in [0.4, 0.5) is 5.69 Å². The van der Waals surface area contributed by atoms with Crippen molar-refractivity contribution < 1.29 is 9.53 Å². The molecule has 1 amide bonds. The predicted octanol–water partition coefficient (Wildman–Crippen LogP) is 4.23. The third kappa shape index (κ3) is 2.90. The van der Waals surface area contributed by atoms with Crippen LogP contribution in [0.3, 0.4) is 0 Å². The summed E-state index contributed by atoms with van der Waals surface area (Å²) >= 11 is 7.33. The molecule has 1 aliphatic heterocycles. The Hall–Kier alpha value is -2.97. The van der Waals surface area contributed by atoms with E-state index >= 15 is 0 Å². The zero-order chi connectivity index (χ0) is 19.3. The number of pyridine rings is 1. The molecule has 0 fully saturated rings. The highest BCUT2D eigenvalue weighted by Gasteiger charge is 2.24. The van der Waals surface area contributed by atoms with E-state index in [1.54, 1.807) is 12.1 Å². The highest BCUT2D eigenvalue weighted by Crippen LogP contribution is 2.41. The average Bonchev–Trinajstić information content (AvgIpc) is 2.99. The fourth-order valence-electron chi connectivity index (χ4n) is 3.26. The highest BCUT2D eigenvalue weighted by atomic mass is 35.5. The number of carbonyl (C=O) groups excluding carboxylic acids is 1. The molecule has 0 aliphatic carbocycles. The molecule has 1 atom stereocenters. The number of thiophene rings is 1. The van der Waals surface area contributed by atoms with E-state index < -0.39 is 0 Å². The van der Waals surface area contributed by atoms with E-state index in [4.69, 9.17) is 16.3 Å². The van der Waals surface area contributed by atoms with Crippen LogP contribution in [0, 0.1) is 0 Å². The second-order valence-electron chi connectivity index (χ2n) is 6.53. The number of benzene rings is 1. The zero-order valence-electron chi connectivity index (χ0n) is 14.7. The van der Waals surface area contributed by atoms with Gasteiger partial charge in [0.15, 0.2) is 10.9 Å². The van der Waals surface area contributed by atoms with Crippen LogP contribution < -0.4 is 15.4 Å². The molecule has 0 bridgehead atoms. The van der Waals surface area contributed by atoms with Crippen molar-refractivity contribution in [1.29, 1.82) is 0 Å². The maximum absolute atomic E-state index is 12.5. The molecule has 2 N–H and O–H groups in total. The number of carbonyl (C=O) groups is 1. The number of halogens is 1. The Kier molecular flexibility index (Phi) is 4.03. The molecule has 0 unspecified atom stereocenters. The van der Waals surface area contributed by atoms with Crippen molar-refractivity contribution >= 4 is 55.5 Å². The van der Waals surface area contributed by atoms with Crippen molar-refractivity contribution in [3.8, 4) is 11.6 Å². The highest BCUT2D eigenvalue weighted by molar-refractivity contribution is 7.21. The summed E-state index contributed by atoms with van der Waals surface area (Å²) < 4.78 is 6.79. The fourth-order valence-corrected chi connectivity index (χ4v) is 4.51. The summed E-state index contributed by atoms with van der Waals surface area (Å²) in [5.41, 5.74) is 1.64. The van der Waals surface area contributed by atoms with Crippen molar-refractivity contribution in [3.63, 3.8) is 0 Å². The van der Waals surface area contributed by atoms with E-state index in [9.17, 15) is 4.79 Å². The maximum atomic E-state index is 12.5. The van der Waals surface area contributed by atoms with E-state index in [0.29, 0.717) is 23.1 Å². The van der Waals surface area contributed by atoms with Gasteiger partial charge in [0.2, 0.25) is 5.88 Å². The molecule has 3 aromatic heterocycles. The van der Waals surface area contributed by atoms with Crippen LogP contribution in [0.2, 0.25) is 5.15 Å². The van der Waals surface area contributed by atoms with Gasteiger partial charge in [0.25, 0.3) is 5.91 Å². The maximum Gasteiger partial charge on any atom is 0.263 e. The monoisotopic (exact) mass is 411 g/mol. The van der Waals surface area contributed by atoms with Gasteiger partial charge in [0.05, 0.1) is 17.4 Å². The van der Waals surface area contributed by atoms with Gasteiger partial charge in [-0.25, -0.2) is 4.98 Å². The SMILES string of the molecule is C[C@H]1CNc2c(sc3ccc4nc(Oc5cnnc(Cl)c5)ccc4c23)C(=O)N1. The van der Waals surface area contributed by atoms with Crippen molar-refractivity contribution in [2.75, 3.05) is 11.9 Å². The van der Waals surface area contributed by atoms with Gasteiger partial charge in [-0.15, -0.1) is 16.4 Å². The van der Waals surface area contributed by atoms with Gasteiger partial charge in [-0.2, -0.15) is 5.10 Å². The molecule has 1 aliphatic rings. The van der Waals surface area contributed by atoms with E-state index in [1.165, 1.54) is 17.5 Å². The number of rotatable bonds is 2. The molecular formula is C19H14ClN5O2S. The van der Waals surface area contributed by atoms with Crippen LogP contribution in [0.1, 0.15) is 16.6 Å². The van der Waals surface area contributed by atoms with E-state index in [0.717, 1.165) is 26.7 Å². The summed E-state index contributed by atoms with van der Waals surface area (Å²) in [4.78, 5) is 17.8. The first-order valence-electron chi connectivity index (χ1n) is 8.65. The number of nitrogens with zero attached hydrogens (tertiary/aromatic N) is 3. The summed E-state index contributed by atoms with van der Waals surface area (Å²) in [7, 11) is 0.